The molecule has 1 saturated carbocycles. The van der Waals surface area contributed by atoms with Gasteiger partial charge in [0.25, 0.3) is 0 Å². The van der Waals surface area contributed by atoms with Crippen molar-refractivity contribution in [2.75, 3.05) is 0 Å². The van der Waals surface area contributed by atoms with Crippen LogP contribution in [-0.2, 0) is 0 Å². The summed E-state index contributed by atoms with van der Waals surface area (Å²) in [6.07, 6.45) is 1.67. The normalized spacial score (nSPS) is 13.4. The van der Waals surface area contributed by atoms with Crippen LogP contribution in [0.3, 0.4) is 0 Å². The number of Topliss-reactive ketones (excluding diaryl/α,β-unsaturated/α-hetero) is 1. The number of ketones is 1. The lowest BCUT2D eigenvalue weighted by Crippen LogP contribution is -2.12. The van der Waals surface area contributed by atoms with Crippen LogP contribution in [0.4, 0.5) is 5.69 Å². The Morgan fingerprint density at radius 3 is 2.07 bits per heavy atom. The summed E-state index contributed by atoms with van der Waals surface area (Å²) in [6, 6.07) is 18.2. The second-order valence-corrected chi connectivity index (χ2v) is 6.77. The lowest BCUT2D eigenvalue weighted by molar-refractivity contribution is -0.383. The smallest absolute Gasteiger partial charge is 0.294 e. The number of carbonyl (C=O) groups is 1. The zero-order chi connectivity index (χ0) is 19.0. The van der Waals surface area contributed by atoms with Crippen LogP contribution in [0.5, 0.6) is 0 Å². The molecule has 1 aliphatic carbocycles. The topological polar surface area (TPSA) is 73.1 Å². The number of rotatable bonds is 5. The number of benzene rings is 2. The molecular formula is C22H18N2O3. The minimum absolute atomic E-state index is 0.0402. The third-order valence-corrected chi connectivity index (χ3v) is 4.84. The van der Waals surface area contributed by atoms with Gasteiger partial charge in [0.2, 0.25) is 0 Å². The fourth-order valence-electron chi connectivity index (χ4n) is 3.41. The average Bonchev–Trinajstić information content (AvgIpc) is 3.53. The highest BCUT2D eigenvalue weighted by Gasteiger charge is 2.37. The standard InChI is InChI=1S/C22H18N2O3/c1-14-18(22(25)17-12-13-17)19(15-8-4-2-5-9-15)21(24(26)27)20(23-14)16-10-6-3-7-11-16/h2-11,17H,12-13H2,1H3. The van der Waals surface area contributed by atoms with Gasteiger partial charge in [-0.3, -0.25) is 14.9 Å². The molecule has 0 unspecified atom stereocenters. The van der Waals surface area contributed by atoms with E-state index in [9.17, 15) is 14.9 Å². The van der Waals surface area contributed by atoms with Gasteiger partial charge >= 0.3 is 5.69 Å². The van der Waals surface area contributed by atoms with Crippen molar-refractivity contribution in [1.82, 2.24) is 4.98 Å². The Morgan fingerprint density at radius 1 is 1.00 bits per heavy atom. The molecule has 0 spiro atoms. The molecule has 0 saturated heterocycles. The molecule has 5 nitrogen and oxygen atoms in total. The Morgan fingerprint density at radius 2 is 1.56 bits per heavy atom. The number of hydrogen-bond acceptors (Lipinski definition) is 4. The molecule has 0 amide bonds. The summed E-state index contributed by atoms with van der Waals surface area (Å²) in [6.45, 7) is 1.76. The van der Waals surface area contributed by atoms with Crippen molar-refractivity contribution in [1.29, 1.82) is 0 Å². The maximum absolute atomic E-state index is 13.0. The first kappa shape index (κ1) is 17.1. The first-order valence-corrected chi connectivity index (χ1v) is 8.92. The number of aromatic nitrogens is 1. The van der Waals surface area contributed by atoms with E-state index >= 15 is 0 Å². The second kappa shape index (κ2) is 6.76. The van der Waals surface area contributed by atoms with E-state index < -0.39 is 4.92 Å². The maximum atomic E-state index is 13.0. The van der Waals surface area contributed by atoms with Crippen molar-refractivity contribution in [3.8, 4) is 22.4 Å². The Kier molecular flexibility index (Phi) is 4.28. The Bertz CT molecular complexity index is 1030. The average molecular weight is 358 g/mol. The van der Waals surface area contributed by atoms with Gasteiger partial charge in [0.05, 0.1) is 16.1 Å². The van der Waals surface area contributed by atoms with Crippen LogP contribution >= 0.6 is 0 Å². The number of nitro groups is 1. The van der Waals surface area contributed by atoms with Gasteiger partial charge in [-0.1, -0.05) is 60.7 Å². The third-order valence-electron chi connectivity index (χ3n) is 4.84. The fourth-order valence-corrected chi connectivity index (χ4v) is 3.41. The summed E-state index contributed by atoms with van der Waals surface area (Å²) < 4.78 is 0. The molecule has 5 heteroatoms. The SMILES string of the molecule is Cc1nc(-c2ccccc2)c([N+](=O)[O-])c(-c2ccccc2)c1C(=O)C1CC1. The fraction of sp³-hybridized carbons (Fsp3) is 0.182. The summed E-state index contributed by atoms with van der Waals surface area (Å²) in [5.41, 5.74) is 2.81. The first-order valence-electron chi connectivity index (χ1n) is 8.92. The molecule has 0 aliphatic heterocycles. The number of pyridine rings is 1. The molecule has 2 aromatic carbocycles. The Hall–Kier alpha value is -3.34. The number of carbonyl (C=O) groups excluding carboxylic acids is 1. The highest BCUT2D eigenvalue weighted by atomic mass is 16.6. The minimum Gasteiger partial charge on any atom is -0.294 e. The molecule has 0 bridgehead atoms. The van der Waals surface area contributed by atoms with E-state index in [0.717, 1.165) is 12.8 Å². The van der Waals surface area contributed by atoms with Gasteiger partial charge in [0, 0.05) is 17.2 Å². The molecule has 3 aromatic rings. The summed E-state index contributed by atoms with van der Waals surface area (Å²) in [7, 11) is 0. The highest BCUT2D eigenvalue weighted by Crippen LogP contribution is 2.44. The van der Waals surface area contributed by atoms with Crippen LogP contribution < -0.4 is 0 Å². The molecule has 1 fully saturated rings. The van der Waals surface area contributed by atoms with E-state index in [2.05, 4.69) is 4.98 Å². The molecule has 27 heavy (non-hydrogen) atoms. The molecule has 1 heterocycles. The van der Waals surface area contributed by atoms with Crippen LogP contribution in [0.15, 0.2) is 60.7 Å². The van der Waals surface area contributed by atoms with E-state index in [0.29, 0.717) is 33.6 Å². The molecule has 0 radical (unpaired) electrons. The highest BCUT2D eigenvalue weighted by molar-refractivity contribution is 6.08. The van der Waals surface area contributed by atoms with Gasteiger partial charge < -0.3 is 0 Å². The zero-order valence-electron chi connectivity index (χ0n) is 14.9. The predicted molar refractivity (Wildman–Crippen MR) is 104 cm³/mol. The van der Waals surface area contributed by atoms with Crippen molar-refractivity contribution >= 4 is 11.5 Å². The van der Waals surface area contributed by atoms with Crippen LogP contribution in [-0.4, -0.2) is 15.7 Å². The Balaban J connectivity index is 2.09. The minimum atomic E-state index is -0.416. The monoisotopic (exact) mass is 358 g/mol. The van der Waals surface area contributed by atoms with Crippen LogP contribution in [0, 0.1) is 23.0 Å². The first-order chi connectivity index (χ1) is 13.1. The summed E-state index contributed by atoms with van der Waals surface area (Å²) >= 11 is 0. The molecule has 0 atom stereocenters. The molecule has 1 aliphatic rings. The van der Waals surface area contributed by atoms with Gasteiger partial charge in [-0.2, -0.15) is 0 Å². The van der Waals surface area contributed by atoms with Crippen LogP contribution in [0.2, 0.25) is 0 Å². The van der Waals surface area contributed by atoms with Crippen molar-refractivity contribution in [3.05, 3.63) is 82.0 Å². The third kappa shape index (κ3) is 3.12. The van der Waals surface area contributed by atoms with Crippen LogP contribution in [0.1, 0.15) is 28.9 Å². The van der Waals surface area contributed by atoms with Crippen molar-refractivity contribution in [2.24, 2.45) is 5.92 Å². The van der Waals surface area contributed by atoms with Crippen molar-refractivity contribution < 1.29 is 9.72 Å². The summed E-state index contributed by atoms with van der Waals surface area (Å²) in [5, 5.41) is 12.1. The maximum Gasteiger partial charge on any atom is 0.303 e. The van der Waals surface area contributed by atoms with Gasteiger partial charge in [-0.15, -0.1) is 0 Å². The summed E-state index contributed by atoms with van der Waals surface area (Å²) in [5.74, 6) is -0.0864. The second-order valence-electron chi connectivity index (χ2n) is 6.77. The number of nitrogens with zero attached hydrogens (tertiary/aromatic N) is 2. The lowest BCUT2D eigenvalue weighted by Gasteiger charge is -2.15. The van der Waals surface area contributed by atoms with E-state index in [1.54, 1.807) is 31.2 Å². The largest absolute Gasteiger partial charge is 0.303 e. The molecule has 1 aromatic heterocycles. The number of aryl methyl sites for hydroxylation is 1. The molecule has 134 valence electrons. The van der Waals surface area contributed by atoms with Gasteiger partial charge in [0.15, 0.2) is 5.78 Å². The molecule has 4 rings (SSSR count). The predicted octanol–water partition coefficient (Wildman–Crippen LogP) is 5.22. The van der Waals surface area contributed by atoms with E-state index in [1.807, 2.05) is 36.4 Å². The van der Waals surface area contributed by atoms with E-state index in [4.69, 9.17) is 0 Å². The van der Waals surface area contributed by atoms with E-state index in [1.165, 1.54) is 0 Å². The van der Waals surface area contributed by atoms with Crippen molar-refractivity contribution in [3.63, 3.8) is 0 Å². The van der Waals surface area contributed by atoms with Gasteiger partial charge in [-0.25, -0.2) is 4.98 Å². The Labute approximate surface area is 156 Å². The van der Waals surface area contributed by atoms with Crippen molar-refractivity contribution in [2.45, 2.75) is 19.8 Å². The van der Waals surface area contributed by atoms with Gasteiger partial charge in [0.1, 0.15) is 5.69 Å². The van der Waals surface area contributed by atoms with E-state index in [-0.39, 0.29) is 17.4 Å². The quantitative estimate of drug-likeness (QED) is 0.356. The molecular weight excluding hydrogens is 340 g/mol. The lowest BCUT2D eigenvalue weighted by atomic mass is 9.90. The molecule has 0 N–H and O–H groups in total. The van der Waals surface area contributed by atoms with Crippen LogP contribution in [0.25, 0.3) is 22.4 Å². The number of hydrogen-bond donors (Lipinski definition) is 0. The zero-order valence-corrected chi connectivity index (χ0v) is 14.9. The summed E-state index contributed by atoms with van der Waals surface area (Å²) in [4.78, 5) is 29.2. The van der Waals surface area contributed by atoms with Gasteiger partial charge in [-0.05, 0) is 25.3 Å².